The average molecular weight is 368 g/mol. The first-order chi connectivity index (χ1) is 12.3. The van der Waals surface area contributed by atoms with Crippen molar-refractivity contribution in [2.24, 2.45) is 0 Å². The van der Waals surface area contributed by atoms with Crippen LogP contribution in [-0.2, 0) is 11.2 Å². The van der Waals surface area contributed by atoms with Crippen molar-refractivity contribution in [1.29, 1.82) is 0 Å². The van der Waals surface area contributed by atoms with E-state index in [0.29, 0.717) is 6.42 Å². The SMILES string of the molecule is Cc1cncc(N2CC[C@@H](NC(=O)Cc3ccc([Si](C)(C)C)cc3)C2)c1. The first-order valence-electron chi connectivity index (χ1n) is 9.36. The highest BCUT2D eigenvalue weighted by Crippen LogP contribution is 2.20. The number of nitrogens with one attached hydrogen (secondary N) is 1. The number of benzene rings is 1. The molecule has 1 amide bonds. The quantitative estimate of drug-likeness (QED) is 0.827. The molecule has 1 fully saturated rings. The van der Waals surface area contributed by atoms with Crippen LogP contribution in [0.2, 0.25) is 19.6 Å². The number of aryl methyl sites for hydroxylation is 1. The van der Waals surface area contributed by atoms with Crippen LogP contribution in [0.3, 0.4) is 0 Å². The summed E-state index contributed by atoms with van der Waals surface area (Å²) in [6.45, 7) is 10.9. The van der Waals surface area contributed by atoms with Crippen molar-refractivity contribution >= 4 is 24.9 Å². The predicted octanol–water partition coefficient (Wildman–Crippen LogP) is 2.87. The Balaban J connectivity index is 1.53. The third-order valence-electron chi connectivity index (χ3n) is 4.96. The van der Waals surface area contributed by atoms with Crippen molar-refractivity contribution in [2.45, 2.75) is 45.4 Å². The number of hydrogen-bond acceptors (Lipinski definition) is 3. The fraction of sp³-hybridized carbons (Fsp3) is 0.429. The summed E-state index contributed by atoms with van der Waals surface area (Å²) in [6, 6.07) is 11.0. The van der Waals surface area contributed by atoms with Gasteiger partial charge < -0.3 is 10.2 Å². The largest absolute Gasteiger partial charge is 0.368 e. The third kappa shape index (κ3) is 4.73. The number of rotatable bonds is 5. The number of carbonyl (C=O) groups excluding carboxylic acids is 1. The summed E-state index contributed by atoms with van der Waals surface area (Å²) in [5.74, 6) is 0.111. The Morgan fingerprint density at radius 2 is 1.96 bits per heavy atom. The van der Waals surface area contributed by atoms with Gasteiger partial charge in [0.05, 0.1) is 26.4 Å². The Hall–Kier alpha value is -2.14. The lowest BCUT2D eigenvalue weighted by molar-refractivity contribution is -0.121. The van der Waals surface area contributed by atoms with Crippen molar-refractivity contribution in [3.63, 3.8) is 0 Å². The maximum atomic E-state index is 12.4. The molecule has 0 radical (unpaired) electrons. The van der Waals surface area contributed by atoms with Crippen molar-refractivity contribution in [3.8, 4) is 0 Å². The van der Waals surface area contributed by atoms with Gasteiger partial charge in [-0.25, -0.2) is 0 Å². The molecule has 2 aromatic rings. The summed E-state index contributed by atoms with van der Waals surface area (Å²) in [7, 11) is -1.28. The van der Waals surface area contributed by atoms with E-state index >= 15 is 0 Å². The zero-order chi connectivity index (χ0) is 18.7. The molecule has 0 bridgehead atoms. The zero-order valence-electron chi connectivity index (χ0n) is 16.2. The molecule has 1 N–H and O–H groups in total. The van der Waals surface area contributed by atoms with Crippen LogP contribution in [0.1, 0.15) is 17.5 Å². The van der Waals surface area contributed by atoms with Gasteiger partial charge in [-0.15, -0.1) is 0 Å². The number of amides is 1. The number of anilines is 1. The van der Waals surface area contributed by atoms with Gasteiger partial charge in [0.15, 0.2) is 0 Å². The summed E-state index contributed by atoms with van der Waals surface area (Å²) in [5.41, 5.74) is 3.39. The summed E-state index contributed by atoms with van der Waals surface area (Å²) in [6.07, 6.45) is 5.20. The first kappa shape index (κ1) is 18.6. The topological polar surface area (TPSA) is 45.2 Å². The maximum Gasteiger partial charge on any atom is 0.224 e. The highest BCUT2D eigenvalue weighted by Gasteiger charge is 2.24. The molecule has 1 aromatic carbocycles. The highest BCUT2D eigenvalue weighted by molar-refractivity contribution is 6.88. The van der Waals surface area contributed by atoms with Gasteiger partial charge in [0.2, 0.25) is 5.91 Å². The van der Waals surface area contributed by atoms with E-state index in [9.17, 15) is 4.79 Å². The van der Waals surface area contributed by atoms with Gasteiger partial charge >= 0.3 is 0 Å². The Kier molecular flexibility index (Phi) is 5.46. The number of hydrogen-bond donors (Lipinski definition) is 1. The summed E-state index contributed by atoms with van der Waals surface area (Å²) in [4.78, 5) is 19.0. The summed E-state index contributed by atoms with van der Waals surface area (Å²) < 4.78 is 0. The maximum absolute atomic E-state index is 12.4. The van der Waals surface area contributed by atoms with E-state index in [1.807, 2.05) is 12.4 Å². The molecular formula is C21H29N3OSi. The molecular weight excluding hydrogens is 338 g/mol. The molecule has 1 aromatic heterocycles. The second-order valence-electron chi connectivity index (χ2n) is 8.34. The van der Waals surface area contributed by atoms with E-state index in [0.717, 1.165) is 36.3 Å². The fourth-order valence-electron chi connectivity index (χ4n) is 3.41. The molecule has 0 saturated carbocycles. The molecule has 1 aliphatic heterocycles. The Morgan fingerprint density at radius 3 is 2.62 bits per heavy atom. The Bertz CT molecular complexity index is 768. The van der Waals surface area contributed by atoms with Gasteiger partial charge in [-0.05, 0) is 30.5 Å². The van der Waals surface area contributed by atoms with E-state index in [2.05, 4.69) is 72.1 Å². The number of aromatic nitrogens is 1. The smallest absolute Gasteiger partial charge is 0.224 e. The molecule has 1 atom stereocenters. The van der Waals surface area contributed by atoms with Crippen molar-refractivity contribution in [2.75, 3.05) is 18.0 Å². The molecule has 4 nitrogen and oxygen atoms in total. The first-order valence-corrected chi connectivity index (χ1v) is 12.9. The second kappa shape index (κ2) is 7.62. The number of carbonyl (C=O) groups is 1. The minimum Gasteiger partial charge on any atom is -0.368 e. The third-order valence-corrected chi connectivity index (χ3v) is 7.03. The average Bonchev–Trinajstić information content (AvgIpc) is 3.03. The van der Waals surface area contributed by atoms with Gasteiger partial charge in [-0.1, -0.05) is 49.1 Å². The van der Waals surface area contributed by atoms with E-state index < -0.39 is 8.07 Å². The van der Waals surface area contributed by atoms with Gasteiger partial charge in [-0.2, -0.15) is 0 Å². The lowest BCUT2D eigenvalue weighted by Gasteiger charge is -2.19. The lowest BCUT2D eigenvalue weighted by atomic mass is 10.1. The highest BCUT2D eigenvalue weighted by atomic mass is 28.3. The van der Waals surface area contributed by atoms with Crippen LogP contribution in [0.25, 0.3) is 0 Å². The molecule has 138 valence electrons. The zero-order valence-corrected chi connectivity index (χ0v) is 17.2. The molecule has 1 aliphatic rings. The summed E-state index contributed by atoms with van der Waals surface area (Å²) in [5, 5.41) is 4.62. The molecule has 0 spiro atoms. The normalized spacial score (nSPS) is 17.4. The minimum atomic E-state index is -1.28. The van der Waals surface area contributed by atoms with Crippen molar-refractivity contribution in [3.05, 3.63) is 53.9 Å². The van der Waals surface area contributed by atoms with Crippen LogP contribution in [0.15, 0.2) is 42.7 Å². The summed E-state index contributed by atoms with van der Waals surface area (Å²) >= 11 is 0. The molecule has 0 aliphatic carbocycles. The molecule has 1 saturated heterocycles. The minimum absolute atomic E-state index is 0.111. The molecule has 2 heterocycles. The van der Waals surface area contributed by atoms with E-state index in [1.165, 1.54) is 5.19 Å². The Labute approximate surface area is 157 Å². The molecule has 26 heavy (non-hydrogen) atoms. The van der Waals surface area contributed by atoms with Crippen LogP contribution in [0.4, 0.5) is 5.69 Å². The van der Waals surface area contributed by atoms with Gasteiger partial charge in [0, 0.05) is 25.3 Å². The van der Waals surface area contributed by atoms with Gasteiger partial charge in [0.1, 0.15) is 0 Å². The van der Waals surface area contributed by atoms with Crippen molar-refractivity contribution < 1.29 is 4.79 Å². The second-order valence-corrected chi connectivity index (χ2v) is 13.4. The molecule has 0 unspecified atom stereocenters. The van der Waals surface area contributed by atoms with Gasteiger partial charge in [0.25, 0.3) is 0 Å². The Morgan fingerprint density at radius 1 is 1.23 bits per heavy atom. The van der Waals surface area contributed by atoms with E-state index in [-0.39, 0.29) is 11.9 Å². The number of nitrogens with zero attached hydrogens (tertiary/aromatic N) is 2. The molecule has 3 rings (SSSR count). The monoisotopic (exact) mass is 367 g/mol. The molecule has 5 heteroatoms. The van der Waals surface area contributed by atoms with Crippen LogP contribution < -0.4 is 15.4 Å². The van der Waals surface area contributed by atoms with Crippen LogP contribution in [0.5, 0.6) is 0 Å². The van der Waals surface area contributed by atoms with Crippen molar-refractivity contribution in [1.82, 2.24) is 10.3 Å². The van der Waals surface area contributed by atoms with Crippen LogP contribution in [-0.4, -0.2) is 38.1 Å². The van der Waals surface area contributed by atoms with Gasteiger partial charge in [-0.3, -0.25) is 9.78 Å². The van der Waals surface area contributed by atoms with E-state index in [1.54, 1.807) is 0 Å². The predicted molar refractivity (Wildman–Crippen MR) is 111 cm³/mol. The fourth-order valence-corrected chi connectivity index (χ4v) is 4.58. The van der Waals surface area contributed by atoms with Crippen LogP contribution >= 0.6 is 0 Å². The van der Waals surface area contributed by atoms with Crippen LogP contribution in [0, 0.1) is 6.92 Å². The lowest BCUT2D eigenvalue weighted by Crippen LogP contribution is -2.38. The van der Waals surface area contributed by atoms with E-state index in [4.69, 9.17) is 0 Å². The standard InChI is InChI=1S/C21H29N3OSi/c1-16-11-19(14-22-13-16)24-10-9-18(15-24)23-21(25)12-17-5-7-20(8-6-17)26(2,3)4/h5-8,11,13-14,18H,9-10,12,15H2,1-4H3,(H,23,25)/t18-/m1/s1. The number of pyridine rings is 1.